The first-order chi connectivity index (χ1) is 21.2. The summed E-state index contributed by atoms with van der Waals surface area (Å²) in [6.45, 7) is 17.1. The van der Waals surface area contributed by atoms with E-state index < -0.39 is 10.1 Å². The molecule has 1 aromatic rings. The monoisotopic (exact) mass is 639 g/mol. The summed E-state index contributed by atoms with van der Waals surface area (Å²) in [5.41, 5.74) is 0.956. The first kappa shape index (κ1) is 43.1. The molecule has 0 fully saturated rings. The molecule has 0 saturated heterocycles. The van der Waals surface area contributed by atoms with Crippen molar-refractivity contribution < 1.29 is 17.5 Å². The van der Waals surface area contributed by atoms with E-state index in [9.17, 15) is 8.42 Å². The molecule has 0 saturated carbocycles. The Morgan fingerprint density at radius 2 is 0.705 bits per heavy atom. The lowest BCUT2D eigenvalue weighted by molar-refractivity contribution is -0.929. The summed E-state index contributed by atoms with van der Waals surface area (Å²) in [4.78, 5) is -0.0666. The molecule has 0 unspecified atom stereocenters. The number of quaternary nitrogens is 1. The highest BCUT2D eigenvalue weighted by molar-refractivity contribution is 7.85. The van der Waals surface area contributed by atoms with E-state index in [4.69, 9.17) is 4.55 Å². The summed E-state index contributed by atoms with van der Waals surface area (Å²) in [5.74, 6) is 0. The molecule has 1 N–H and O–H groups in total. The Morgan fingerprint density at radius 1 is 0.455 bits per heavy atom. The molecule has 0 spiro atoms. The average molecular weight is 639 g/mol. The number of aryl methyl sites for hydroxylation is 1. The largest absolute Gasteiger partial charge is 0.324 e. The first-order valence-corrected chi connectivity index (χ1v) is 20.6. The Morgan fingerprint density at radius 3 is 0.955 bits per heavy atom. The van der Waals surface area contributed by atoms with Gasteiger partial charge in [-0.05, 0) is 70.4 Å². The molecule has 1 rings (SSSR count). The molecule has 44 heavy (non-hydrogen) atoms. The zero-order chi connectivity index (χ0) is 32.8. The molecule has 0 aliphatic heterocycles. The van der Waals surface area contributed by atoms with Gasteiger partial charge in [0.05, 0.1) is 31.1 Å². The molecule has 0 radical (unpaired) electrons. The minimum atomic E-state index is -4.02. The van der Waals surface area contributed by atoms with Gasteiger partial charge in [-0.25, -0.2) is 0 Å². The number of nitrogens with zero attached hydrogens (tertiary/aromatic N) is 1. The van der Waals surface area contributed by atoms with E-state index in [2.05, 4.69) is 27.7 Å². The standard InChI is InChI=1S/C32H68N.C7H8O3S/c1-5-9-13-17-21-25-29-33(30-26-22-18-14-10-6-2,31-27-23-19-15-11-7-3)32-28-24-20-16-12-8-4;1-6-2-4-7(5-3-6)11(8,9)10/h5-32H2,1-4H3;2-5H,1H3,(H,8,9,10)/q+1;. The highest BCUT2D eigenvalue weighted by atomic mass is 32.2. The van der Waals surface area contributed by atoms with E-state index in [1.54, 1.807) is 12.1 Å². The van der Waals surface area contributed by atoms with Crippen LogP contribution < -0.4 is 0 Å². The van der Waals surface area contributed by atoms with Crippen LogP contribution in [0.3, 0.4) is 0 Å². The lowest BCUT2D eigenvalue weighted by atomic mass is 10.0. The van der Waals surface area contributed by atoms with Gasteiger partial charge >= 0.3 is 0 Å². The molecule has 1 aromatic carbocycles. The molecule has 4 nitrogen and oxygen atoms in total. The van der Waals surface area contributed by atoms with Crippen LogP contribution >= 0.6 is 0 Å². The smallest absolute Gasteiger partial charge is 0.294 e. The zero-order valence-electron chi connectivity index (χ0n) is 30.2. The van der Waals surface area contributed by atoms with Crippen molar-refractivity contribution in [3.05, 3.63) is 29.8 Å². The van der Waals surface area contributed by atoms with Gasteiger partial charge in [-0.2, -0.15) is 8.42 Å². The van der Waals surface area contributed by atoms with Crippen LogP contribution in [0.5, 0.6) is 0 Å². The molecule has 0 amide bonds. The van der Waals surface area contributed by atoms with Crippen molar-refractivity contribution in [2.24, 2.45) is 0 Å². The molecule has 0 heterocycles. The quantitative estimate of drug-likeness (QED) is 0.0539. The summed E-state index contributed by atoms with van der Waals surface area (Å²) in [5, 5.41) is 0. The van der Waals surface area contributed by atoms with Crippen LogP contribution in [-0.2, 0) is 10.1 Å². The summed E-state index contributed by atoms with van der Waals surface area (Å²) in [6, 6.07) is 5.99. The predicted molar refractivity (Wildman–Crippen MR) is 194 cm³/mol. The van der Waals surface area contributed by atoms with E-state index in [0.29, 0.717) is 0 Å². The lowest BCUT2D eigenvalue weighted by Crippen LogP contribution is -2.50. The van der Waals surface area contributed by atoms with Crippen LogP contribution in [0.15, 0.2) is 29.2 Å². The number of unbranched alkanes of at least 4 members (excludes halogenated alkanes) is 20. The third-order valence-electron chi connectivity index (χ3n) is 9.26. The second kappa shape index (κ2) is 29.5. The number of rotatable bonds is 29. The molecule has 0 atom stereocenters. The van der Waals surface area contributed by atoms with Crippen LogP contribution in [0.1, 0.15) is 187 Å². The summed E-state index contributed by atoms with van der Waals surface area (Å²) >= 11 is 0. The Balaban J connectivity index is 0.00000139. The summed E-state index contributed by atoms with van der Waals surface area (Å²) in [7, 11) is -4.02. The highest BCUT2D eigenvalue weighted by Gasteiger charge is 2.25. The van der Waals surface area contributed by atoms with Crippen molar-refractivity contribution in [2.45, 2.75) is 194 Å². The van der Waals surface area contributed by atoms with Gasteiger partial charge in [-0.3, -0.25) is 4.55 Å². The molecule has 0 aromatic heterocycles. The normalized spacial score (nSPS) is 11.9. The Hall–Kier alpha value is -0.910. The zero-order valence-corrected chi connectivity index (χ0v) is 31.0. The maximum Gasteiger partial charge on any atom is 0.294 e. The lowest BCUT2D eigenvalue weighted by Gasteiger charge is -2.40. The molecular weight excluding hydrogens is 563 g/mol. The van der Waals surface area contributed by atoms with Gasteiger partial charge in [0.2, 0.25) is 0 Å². The second-order valence-electron chi connectivity index (χ2n) is 13.6. The van der Waals surface area contributed by atoms with Crippen molar-refractivity contribution in [3.63, 3.8) is 0 Å². The summed E-state index contributed by atoms with van der Waals surface area (Å²) in [6.07, 6.45) is 34.8. The van der Waals surface area contributed by atoms with Crippen molar-refractivity contribution >= 4 is 10.1 Å². The van der Waals surface area contributed by atoms with Crippen LogP contribution in [0, 0.1) is 6.92 Å². The van der Waals surface area contributed by atoms with Crippen molar-refractivity contribution in [2.75, 3.05) is 26.2 Å². The molecule has 260 valence electrons. The van der Waals surface area contributed by atoms with Gasteiger partial charge in [0.1, 0.15) is 0 Å². The van der Waals surface area contributed by atoms with E-state index in [1.165, 1.54) is 197 Å². The predicted octanol–water partition coefficient (Wildman–Crippen LogP) is 12.5. The van der Waals surface area contributed by atoms with Crippen molar-refractivity contribution in [3.8, 4) is 0 Å². The fraction of sp³-hybridized carbons (Fsp3) is 0.846. The topological polar surface area (TPSA) is 54.4 Å². The minimum Gasteiger partial charge on any atom is -0.324 e. The van der Waals surface area contributed by atoms with Gasteiger partial charge in [0.25, 0.3) is 10.1 Å². The maximum atomic E-state index is 10.5. The second-order valence-corrected chi connectivity index (χ2v) is 15.0. The van der Waals surface area contributed by atoms with Crippen LogP contribution in [0.25, 0.3) is 0 Å². The van der Waals surface area contributed by atoms with Crippen molar-refractivity contribution in [1.29, 1.82) is 0 Å². The van der Waals surface area contributed by atoms with Crippen LogP contribution in [0.4, 0.5) is 0 Å². The Labute approximate surface area is 276 Å². The van der Waals surface area contributed by atoms with Gasteiger partial charge in [-0.1, -0.05) is 148 Å². The number of hydrogen-bond acceptors (Lipinski definition) is 2. The van der Waals surface area contributed by atoms with Gasteiger partial charge in [0.15, 0.2) is 0 Å². The fourth-order valence-electron chi connectivity index (χ4n) is 6.29. The highest BCUT2D eigenvalue weighted by Crippen LogP contribution is 2.21. The molecule has 5 heteroatoms. The van der Waals surface area contributed by atoms with Gasteiger partial charge in [0, 0.05) is 0 Å². The fourth-order valence-corrected chi connectivity index (χ4v) is 6.77. The summed E-state index contributed by atoms with van der Waals surface area (Å²) < 4.78 is 31.0. The molecule has 0 bridgehead atoms. The average Bonchev–Trinajstić information content (AvgIpc) is 3.00. The molecular formula is C39H76NO3S+. The van der Waals surface area contributed by atoms with Crippen LogP contribution in [-0.4, -0.2) is 43.6 Å². The van der Waals surface area contributed by atoms with E-state index in [1.807, 2.05) is 6.92 Å². The third-order valence-corrected chi connectivity index (χ3v) is 10.1. The minimum absolute atomic E-state index is 0.0666. The van der Waals surface area contributed by atoms with E-state index >= 15 is 0 Å². The SMILES string of the molecule is CCCCCCCC[N+](CCCCCCCC)(CCCCCCCC)CCCCCCCC.Cc1ccc(S(=O)(=O)O)cc1. The van der Waals surface area contributed by atoms with Gasteiger partial charge < -0.3 is 4.48 Å². The van der Waals surface area contributed by atoms with Gasteiger partial charge in [-0.15, -0.1) is 0 Å². The maximum absolute atomic E-state index is 10.5. The van der Waals surface area contributed by atoms with E-state index in [0.717, 1.165) is 5.56 Å². The first-order valence-electron chi connectivity index (χ1n) is 19.1. The molecule has 0 aliphatic rings. The molecule has 0 aliphatic carbocycles. The van der Waals surface area contributed by atoms with Crippen molar-refractivity contribution in [1.82, 2.24) is 0 Å². The van der Waals surface area contributed by atoms with E-state index in [-0.39, 0.29) is 4.90 Å². The Bertz CT molecular complexity index is 768. The van der Waals surface area contributed by atoms with Crippen LogP contribution in [0.2, 0.25) is 0 Å². The Kier molecular flexibility index (Phi) is 28.9. The number of benzene rings is 1. The third kappa shape index (κ3) is 25.3. The number of hydrogen-bond donors (Lipinski definition) is 1.